The van der Waals surface area contributed by atoms with Crippen molar-refractivity contribution in [1.82, 2.24) is 15.3 Å². The zero-order valence-corrected chi connectivity index (χ0v) is 18.0. The Morgan fingerprint density at radius 3 is 2.72 bits per heavy atom. The Bertz CT molecular complexity index is 1240. The van der Waals surface area contributed by atoms with Crippen LogP contribution in [0.3, 0.4) is 0 Å². The van der Waals surface area contributed by atoms with Gasteiger partial charge in [-0.15, -0.1) is 0 Å². The van der Waals surface area contributed by atoms with Gasteiger partial charge in [-0.25, -0.2) is 4.98 Å². The first kappa shape index (κ1) is 20.2. The lowest BCUT2D eigenvalue weighted by atomic mass is 10.0. The van der Waals surface area contributed by atoms with E-state index in [0.29, 0.717) is 17.8 Å². The van der Waals surface area contributed by atoms with E-state index in [1.165, 1.54) is 17.7 Å². The van der Waals surface area contributed by atoms with Crippen molar-refractivity contribution in [2.75, 3.05) is 24.5 Å². The van der Waals surface area contributed by atoms with Crippen LogP contribution < -0.4 is 10.2 Å². The average molecular weight is 423 g/mol. The molecule has 5 nitrogen and oxygen atoms in total. The largest absolute Gasteiger partial charge is 0.371 e. The van der Waals surface area contributed by atoms with Crippen LogP contribution in [0.25, 0.3) is 22.3 Å². The molecule has 0 fully saturated rings. The molecule has 3 heterocycles. The minimum absolute atomic E-state index is 0.0696. The van der Waals surface area contributed by atoms with Gasteiger partial charge >= 0.3 is 0 Å². The van der Waals surface area contributed by atoms with Gasteiger partial charge in [0, 0.05) is 36.9 Å². The summed E-state index contributed by atoms with van der Waals surface area (Å²) in [6, 6.07) is 24.0. The number of rotatable bonds is 6. The highest BCUT2D eigenvalue weighted by Gasteiger charge is 2.17. The number of hydrogen-bond acceptors (Lipinski definition) is 4. The number of fused-ring (bicyclic) bond motifs is 2. The number of carbonyl (C=O) groups is 1. The molecule has 2 aromatic carbocycles. The number of pyridine rings is 2. The molecular weight excluding hydrogens is 396 g/mol. The highest BCUT2D eigenvalue weighted by atomic mass is 16.1. The zero-order valence-electron chi connectivity index (χ0n) is 18.0. The van der Waals surface area contributed by atoms with Crippen molar-refractivity contribution < 1.29 is 4.79 Å². The van der Waals surface area contributed by atoms with Crippen molar-refractivity contribution in [1.29, 1.82) is 0 Å². The fraction of sp³-hybridized carbons (Fsp3) is 0.222. The van der Waals surface area contributed by atoms with Crippen molar-refractivity contribution >= 4 is 22.5 Å². The fourth-order valence-corrected chi connectivity index (χ4v) is 4.42. The standard InChI is InChI=1S/C27H26N4O/c32-27(29-16-8-18-31-17-7-10-20-9-1-4-14-26(20)31)22-19-25(24-13-5-6-15-28-24)30-23-12-3-2-11-21(22)23/h1-6,9,11-15,19H,7-8,10,16-18H2,(H,29,32). The lowest BCUT2D eigenvalue weighted by molar-refractivity contribution is 0.0955. The number of anilines is 1. The lowest BCUT2D eigenvalue weighted by Gasteiger charge is -2.31. The molecule has 0 spiro atoms. The van der Waals surface area contributed by atoms with E-state index in [2.05, 4.69) is 39.5 Å². The molecule has 1 aliphatic heterocycles. The minimum Gasteiger partial charge on any atom is -0.371 e. The normalized spacial score (nSPS) is 13.1. The van der Waals surface area contributed by atoms with Crippen LogP contribution in [0.15, 0.2) is 79.0 Å². The van der Waals surface area contributed by atoms with Crippen molar-refractivity contribution in [3.8, 4) is 11.4 Å². The summed E-state index contributed by atoms with van der Waals surface area (Å²) in [5.41, 5.74) is 5.67. The first-order valence-corrected chi connectivity index (χ1v) is 11.2. The molecule has 5 heteroatoms. The Labute approximate surface area is 188 Å². The summed E-state index contributed by atoms with van der Waals surface area (Å²) < 4.78 is 0. The van der Waals surface area contributed by atoms with Gasteiger partial charge < -0.3 is 10.2 Å². The Morgan fingerprint density at radius 2 is 1.81 bits per heavy atom. The average Bonchev–Trinajstić information content (AvgIpc) is 2.86. The second kappa shape index (κ2) is 9.18. The van der Waals surface area contributed by atoms with E-state index < -0.39 is 0 Å². The van der Waals surface area contributed by atoms with E-state index >= 15 is 0 Å². The minimum atomic E-state index is -0.0696. The maximum absolute atomic E-state index is 13.1. The highest BCUT2D eigenvalue weighted by molar-refractivity contribution is 6.07. The topological polar surface area (TPSA) is 58.1 Å². The van der Waals surface area contributed by atoms with Crippen molar-refractivity contribution in [3.05, 3.63) is 90.1 Å². The molecule has 0 saturated carbocycles. The number of nitrogens with one attached hydrogen (secondary N) is 1. The molecule has 4 aromatic rings. The lowest BCUT2D eigenvalue weighted by Crippen LogP contribution is -2.33. The van der Waals surface area contributed by atoms with E-state index in [0.717, 1.165) is 42.5 Å². The predicted molar refractivity (Wildman–Crippen MR) is 129 cm³/mol. The van der Waals surface area contributed by atoms with Crippen LogP contribution in [-0.4, -0.2) is 35.5 Å². The van der Waals surface area contributed by atoms with Gasteiger partial charge in [-0.05, 0) is 55.2 Å². The van der Waals surface area contributed by atoms with E-state index in [1.54, 1.807) is 6.20 Å². The highest BCUT2D eigenvalue weighted by Crippen LogP contribution is 2.27. The van der Waals surface area contributed by atoms with Crippen LogP contribution >= 0.6 is 0 Å². The maximum atomic E-state index is 13.1. The summed E-state index contributed by atoms with van der Waals surface area (Å²) in [5.74, 6) is -0.0696. The van der Waals surface area contributed by atoms with E-state index in [-0.39, 0.29) is 5.91 Å². The quantitative estimate of drug-likeness (QED) is 0.451. The summed E-state index contributed by atoms with van der Waals surface area (Å²) >= 11 is 0. The van der Waals surface area contributed by atoms with E-state index in [9.17, 15) is 4.79 Å². The number of nitrogens with zero attached hydrogens (tertiary/aromatic N) is 3. The van der Waals surface area contributed by atoms with E-state index in [1.807, 2.05) is 48.5 Å². The monoisotopic (exact) mass is 422 g/mol. The number of carbonyl (C=O) groups excluding carboxylic acids is 1. The van der Waals surface area contributed by atoms with Gasteiger partial charge in [0.25, 0.3) is 5.91 Å². The Balaban J connectivity index is 1.29. The maximum Gasteiger partial charge on any atom is 0.252 e. The van der Waals surface area contributed by atoms with Gasteiger partial charge in [-0.1, -0.05) is 42.5 Å². The van der Waals surface area contributed by atoms with Crippen LogP contribution in [0.1, 0.15) is 28.8 Å². The Kier molecular flexibility index (Phi) is 5.79. The third kappa shape index (κ3) is 4.19. The fourth-order valence-electron chi connectivity index (χ4n) is 4.42. The first-order valence-electron chi connectivity index (χ1n) is 11.2. The van der Waals surface area contributed by atoms with Crippen molar-refractivity contribution in [3.63, 3.8) is 0 Å². The number of benzene rings is 2. The molecule has 1 amide bonds. The third-order valence-electron chi connectivity index (χ3n) is 5.98. The Morgan fingerprint density at radius 1 is 0.969 bits per heavy atom. The van der Waals surface area contributed by atoms with E-state index in [4.69, 9.17) is 4.98 Å². The van der Waals surface area contributed by atoms with Crippen LogP contribution in [0, 0.1) is 0 Å². The smallest absolute Gasteiger partial charge is 0.252 e. The predicted octanol–water partition coefficient (Wildman–Crippen LogP) is 4.87. The summed E-state index contributed by atoms with van der Waals surface area (Å²) in [6.07, 6.45) is 4.97. The van der Waals surface area contributed by atoms with Gasteiger partial charge in [0.05, 0.1) is 22.5 Å². The molecule has 1 N–H and O–H groups in total. The number of hydrogen-bond donors (Lipinski definition) is 1. The molecule has 32 heavy (non-hydrogen) atoms. The SMILES string of the molecule is O=C(NCCCN1CCCc2ccccc21)c1cc(-c2ccccn2)nc2ccccc12. The number of amides is 1. The number of para-hydroxylation sites is 2. The summed E-state index contributed by atoms with van der Waals surface area (Å²) in [4.78, 5) is 24.7. The molecule has 0 aliphatic carbocycles. The molecule has 0 unspecified atom stereocenters. The van der Waals surface area contributed by atoms with Gasteiger partial charge in [0.15, 0.2) is 0 Å². The number of aromatic nitrogens is 2. The zero-order chi connectivity index (χ0) is 21.8. The van der Waals surface area contributed by atoms with Gasteiger partial charge in [-0.2, -0.15) is 0 Å². The van der Waals surface area contributed by atoms with Gasteiger partial charge in [-0.3, -0.25) is 9.78 Å². The van der Waals surface area contributed by atoms with Crippen molar-refractivity contribution in [2.45, 2.75) is 19.3 Å². The molecule has 0 radical (unpaired) electrons. The summed E-state index contributed by atoms with van der Waals surface area (Å²) in [5, 5.41) is 3.98. The molecule has 0 bridgehead atoms. The first-order chi connectivity index (χ1) is 15.8. The van der Waals surface area contributed by atoms with Crippen LogP contribution in [0.2, 0.25) is 0 Å². The van der Waals surface area contributed by atoms with Crippen molar-refractivity contribution in [2.24, 2.45) is 0 Å². The molecule has 0 saturated heterocycles. The molecular formula is C27H26N4O. The Hall–Kier alpha value is -3.73. The van der Waals surface area contributed by atoms with Crippen LogP contribution in [0.5, 0.6) is 0 Å². The number of aryl methyl sites for hydroxylation is 1. The molecule has 5 rings (SSSR count). The second-order valence-electron chi connectivity index (χ2n) is 8.12. The third-order valence-corrected chi connectivity index (χ3v) is 5.98. The van der Waals surface area contributed by atoms with Crippen LogP contribution in [0.4, 0.5) is 5.69 Å². The van der Waals surface area contributed by atoms with Gasteiger partial charge in [0.1, 0.15) is 0 Å². The van der Waals surface area contributed by atoms with Gasteiger partial charge in [0.2, 0.25) is 0 Å². The second-order valence-corrected chi connectivity index (χ2v) is 8.12. The van der Waals surface area contributed by atoms with Crippen LogP contribution in [-0.2, 0) is 6.42 Å². The molecule has 1 aliphatic rings. The summed E-state index contributed by atoms with van der Waals surface area (Å²) in [7, 11) is 0. The molecule has 2 aromatic heterocycles. The molecule has 0 atom stereocenters. The molecule has 160 valence electrons. The summed E-state index contributed by atoms with van der Waals surface area (Å²) in [6.45, 7) is 2.65.